The predicted octanol–water partition coefficient (Wildman–Crippen LogP) is 0.330. The van der Waals surface area contributed by atoms with Crippen LogP contribution in [0.1, 0.15) is 26.7 Å². The minimum Gasteiger partial charge on any atom is -0.465 e. The van der Waals surface area contributed by atoms with Crippen LogP contribution in [0.25, 0.3) is 0 Å². The molecule has 0 heterocycles. The highest BCUT2D eigenvalue weighted by Crippen LogP contribution is 1.96. The molecule has 0 spiro atoms. The molecule has 0 bridgehead atoms. The largest absolute Gasteiger partial charge is 0.465 e. The Morgan fingerprint density at radius 1 is 1.27 bits per heavy atom. The maximum atomic E-state index is 10.9. The number of ketones is 1. The number of hydrogen-bond donors (Lipinski definition) is 1. The van der Waals surface area contributed by atoms with Crippen LogP contribution in [0.15, 0.2) is 11.6 Å². The third kappa shape index (κ3) is 7.42. The molecule has 5 heteroatoms. The number of Topliss-reactive ketones (excluding diaryl/α,β-unsaturated/α-hetero) is 1. The molecule has 0 atom stereocenters. The Kier molecular flexibility index (Phi) is 6.01. The summed E-state index contributed by atoms with van der Waals surface area (Å²) in [4.78, 5) is 32.0. The van der Waals surface area contributed by atoms with E-state index in [0.717, 1.165) is 0 Å². The van der Waals surface area contributed by atoms with Crippen LogP contribution in [0, 0.1) is 0 Å². The standard InChI is InChI=1S/C10H15NO4/c1-7(10(11)14)4-3-5-15-9(13)6-8(2)12/h4H,3,5-6H2,1-2H3,(H2,11,14). The van der Waals surface area contributed by atoms with Crippen LogP contribution in [-0.2, 0) is 19.1 Å². The first-order valence-electron chi connectivity index (χ1n) is 4.55. The fourth-order valence-corrected chi connectivity index (χ4v) is 0.803. The van der Waals surface area contributed by atoms with Crippen LogP contribution in [-0.4, -0.2) is 24.3 Å². The summed E-state index contributed by atoms with van der Waals surface area (Å²) in [6.07, 6.45) is 1.79. The summed E-state index contributed by atoms with van der Waals surface area (Å²) in [5.41, 5.74) is 5.41. The zero-order valence-corrected chi connectivity index (χ0v) is 8.91. The van der Waals surface area contributed by atoms with Gasteiger partial charge in [0.15, 0.2) is 0 Å². The van der Waals surface area contributed by atoms with Crippen molar-refractivity contribution in [2.45, 2.75) is 26.7 Å². The summed E-state index contributed by atoms with van der Waals surface area (Å²) in [6.45, 7) is 3.05. The molecule has 0 saturated carbocycles. The van der Waals surface area contributed by atoms with Gasteiger partial charge >= 0.3 is 5.97 Å². The first-order chi connectivity index (χ1) is 6.93. The monoisotopic (exact) mass is 213 g/mol. The molecule has 5 nitrogen and oxygen atoms in total. The Morgan fingerprint density at radius 3 is 2.33 bits per heavy atom. The van der Waals surface area contributed by atoms with Crippen LogP contribution < -0.4 is 5.73 Å². The van der Waals surface area contributed by atoms with E-state index in [1.54, 1.807) is 13.0 Å². The zero-order valence-electron chi connectivity index (χ0n) is 8.91. The van der Waals surface area contributed by atoms with E-state index in [9.17, 15) is 14.4 Å². The SMILES string of the molecule is CC(=O)CC(=O)OCCC=C(C)C(N)=O. The molecule has 0 aromatic carbocycles. The summed E-state index contributed by atoms with van der Waals surface area (Å²) >= 11 is 0. The van der Waals surface area contributed by atoms with E-state index in [2.05, 4.69) is 0 Å². The van der Waals surface area contributed by atoms with Crippen molar-refractivity contribution in [3.63, 3.8) is 0 Å². The second-order valence-corrected chi connectivity index (χ2v) is 3.14. The molecule has 0 radical (unpaired) electrons. The van der Waals surface area contributed by atoms with E-state index in [1.165, 1.54) is 6.92 Å². The molecule has 0 fully saturated rings. The van der Waals surface area contributed by atoms with Crippen LogP contribution in [0.2, 0.25) is 0 Å². The van der Waals surface area contributed by atoms with Gasteiger partial charge in [0.05, 0.1) is 6.61 Å². The first kappa shape index (κ1) is 13.4. The molecule has 0 aromatic heterocycles. The number of ether oxygens (including phenoxy) is 1. The van der Waals surface area contributed by atoms with Gasteiger partial charge in [0.1, 0.15) is 12.2 Å². The van der Waals surface area contributed by atoms with E-state index < -0.39 is 11.9 Å². The van der Waals surface area contributed by atoms with Gasteiger partial charge in [-0.2, -0.15) is 0 Å². The lowest BCUT2D eigenvalue weighted by Crippen LogP contribution is -2.12. The van der Waals surface area contributed by atoms with Crippen molar-refractivity contribution in [2.24, 2.45) is 5.73 Å². The maximum Gasteiger partial charge on any atom is 0.313 e. The van der Waals surface area contributed by atoms with Gasteiger partial charge in [0.25, 0.3) is 0 Å². The highest BCUT2D eigenvalue weighted by atomic mass is 16.5. The van der Waals surface area contributed by atoms with Gasteiger partial charge in [-0.05, 0) is 13.8 Å². The zero-order chi connectivity index (χ0) is 11.8. The van der Waals surface area contributed by atoms with Crippen LogP contribution in [0.3, 0.4) is 0 Å². The predicted molar refractivity (Wildman–Crippen MR) is 53.8 cm³/mol. The Bertz CT molecular complexity index is 294. The molecule has 0 aliphatic heterocycles. The number of hydrogen-bond acceptors (Lipinski definition) is 4. The van der Waals surface area contributed by atoms with E-state index in [4.69, 9.17) is 10.5 Å². The molecular weight excluding hydrogens is 198 g/mol. The molecule has 84 valence electrons. The normalized spacial score (nSPS) is 10.9. The number of amides is 1. The van der Waals surface area contributed by atoms with E-state index in [1.807, 2.05) is 0 Å². The Morgan fingerprint density at radius 2 is 1.87 bits per heavy atom. The summed E-state index contributed by atoms with van der Waals surface area (Å²) in [7, 11) is 0. The number of primary amides is 1. The minimum absolute atomic E-state index is 0.150. The van der Waals surface area contributed by atoms with Gasteiger partial charge < -0.3 is 10.5 Å². The minimum atomic E-state index is -0.548. The quantitative estimate of drug-likeness (QED) is 0.298. The van der Waals surface area contributed by atoms with Gasteiger partial charge in [-0.15, -0.1) is 0 Å². The maximum absolute atomic E-state index is 10.9. The number of nitrogens with two attached hydrogens (primary N) is 1. The van der Waals surface area contributed by atoms with Gasteiger partial charge in [-0.1, -0.05) is 6.08 Å². The van der Waals surface area contributed by atoms with Crippen molar-refractivity contribution in [2.75, 3.05) is 6.61 Å². The lowest BCUT2D eigenvalue weighted by molar-refractivity contribution is -0.145. The van der Waals surface area contributed by atoms with Crippen molar-refractivity contribution in [1.82, 2.24) is 0 Å². The number of carbonyl (C=O) groups is 3. The summed E-state index contributed by atoms with van der Waals surface area (Å²) in [6, 6.07) is 0. The fraction of sp³-hybridized carbons (Fsp3) is 0.500. The summed E-state index contributed by atoms with van der Waals surface area (Å²) in [5, 5.41) is 0. The van der Waals surface area contributed by atoms with Crippen LogP contribution >= 0.6 is 0 Å². The summed E-state index contributed by atoms with van der Waals surface area (Å²) < 4.78 is 4.73. The van der Waals surface area contributed by atoms with Gasteiger partial charge in [0, 0.05) is 12.0 Å². The Labute approximate surface area is 88.3 Å². The Balaban J connectivity index is 3.72. The molecule has 0 aliphatic carbocycles. The topological polar surface area (TPSA) is 86.5 Å². The number of carbonyl (C=O) groups excluding carboxylic acids is 3. The molecule has 1 amide bonds. The van der Waals surface area contributed by atoms with Gasteiger partial charge in [-0.25, -0.2) is 0 Å². The lowest BCUT2D eigenvalue weighted by Gasteiger charge is -2.01. The van der Waals surface area contributed by atoms with Gasteiger partial charge in [0.2, 0.25) is 5.91 Å². The van der Waals surface area contributed by atoms with Crippen molar-refractivity contribution in [3.8, 4) is 0 Å². The molecule has 0 unspecified atom stereocenters. The van der Waals surface area contributed by atoms with Crippen LogP contribution in [0.4, 0.5) is 0 Å². The molecule has 0 aliphatic rings. The van der Waals surface area contributed by atoms with Crippen molar-refractivity contribution in [1.29, 1.82) is 0 Å². The highest BCUT2D eigenvalue weighted by molar-refractivity contribution is 5.94. The first-order valence-corrected chi connectivity index (χ1v) is 4.55. The molecule has 2 N–H and O–H groups in total. The average Bonchev–Trinajstić information content (AvgIpc) is 2.10. The van der Waals surface area contributed by atoms with Crippen molar-refractivity contribution in [3.05, 3.63) is 11.6 Å². The molecule has 0 rings (SSSR count). The summed E-state index contributed by atoms with van der Waals surface area (Å²) in [5.74, 6) is -1.28. The van der Waals surface area contributed by atoms with E-state index >= 15 is 0 Å². The lowest BCUT2D eigenvalue weighted by atomic mass is 10.2. The second-order valence-electron chi connectivity index (χ2n) is 3.14. The smallest absolute Gasteiger partial charge is 0.313 e. The molecular formula is C10H15NO4. The third-order valence-corrected chi connectivity index (χ3v) is 1.61. The van der Waals surface area contributed by atoms with Crippen molar-refractivity contribution < 1.29 is 19.1 Å². The highest BCUT2D eigenvalue weighted by Gasteiger charge is 2.05. The molecule has 0 aromatic rings. The van der Waals surface area contributed by atoms with Gasteiger partial charge in [-0.3, -0.25) is 14.4 Å². The number of esters is 1. The van der Waals surface area contributed by atoms with Crippen molar-refractivity contribution >= 4 is 17.7 Å². The van der Waals surface area contributed by atoms with E-state index in [-0.39, 0.29) is 18.8 Å². The second kappa shape index (κ2) is 6.75. The number of rotatable bonds is 6. The average molecular weight is 213 g/mol. The molecule has 15 heavy (non-hydrogen) atoms. The fourth-order valence-electron chi connectivity index (χ4n) is 0.803. The molecule has 0 saturated heterocycles. The van der Waals surface area contributed by atoms with E-state index in [0.29, 0.717) is 12.0 Å². The third-order valence-electron chi connectivity index (χ3n) is 1.61. The van der Waals surface area contributed by atoms with Crippen LogP contribution in [0.5, 0.6) is 0 Å². The Hall–Kier alpha value is -1.65.